The largest absolute Gasteiger partial charge is 0.467 e. The lowest BCUT2D eigenvalue weighted by molar-refractivity contribution is -0.159. The van der Waals surface area contributed by atoms with E-state index in [4.69, 9.17) is 5.26 Å². The second kappa shape index (κ2) is 7.69. The maximum Gasteiger partial charge on any atom is 0.423 e. The standard InChI is InChI=1S/C16H12F6N4O/c1-2-26(11-5-3-10(7-23)4-6-11)14-24-8-12(16(20,21)22)13(25-14)27-9-15(17,18)19/h3-6,8H,2,9H2,1H3. The molecule has 0 atom stereocenters. The fourth-order valence-electron chi connectivity index (χ4n) is 2.10. The lowest BCUT2D eigenvalue weighted by Gasteiger charge is -2.22. The van der Waals surface area contributed by atoms with Crippen molar-refractivity contribution in [1.82, 2.24) is 9.97 Å². The average Bonchev–Trinajstić information content (AvgIpc) is 2.60. The molecule has 0 saturated heterocycles. The van der Waals surface area contributed by atoms with E-state index in [2.05, 4.69) is 14.7 Å². The van der Waals surface area contributed by atoms with Gasteiger partial charge in [0.25, 0.3) is 0 Å². The summed E-state index contributed by atoms with van der Waals surface area (Å²) in [5.41, 5.74) is -0.707. The Kier molecular flexibility index (Phi) is 5.78. The van der Waals surface area contributed by atoms with Gasteiger partial charge in [-0.1, -0.05) is 0 Å². The monoisotopic (exact) mass is 390 g/mol. The van der Waals surface area contributed by atoms with Gasteiger partial charge in [0.1, 0.15) is 5.56 Å². The fraction of sp³-hybridized carbons (Fsp3) is 0.312. The number of nitriles is 1. The minimum atomic E-state index is -4.98. The highest BCUT2D eigenvalue weighted by Crippen LogP contribution is 2.36. The molecule has 0 spiro atoms. The molecule has 2 aromatic rings. The molecule has 0 fully saturated rings. The van der Waals surface area contributed by atoms with E-state index in [-0.39, 0.29) is 12.5 Å². The predicted octanol–water partition coefficient (Wildman–Crippen LogP) is 4.47. The van der Waals surface area contributed by atoms with Crippen LogP contribution in [0, 0.1) is 11.3 Å². The van der Waals surface area contributed by atoms with E-state index in [1.165, 1.54) is 29.2 Å². The number of alkyl halides is 6. The molecule has 2 rings (SSSR count). The van der Waals surface area contributed by atoms with E-state index in [1.54, 1.807) is 6.92 Å². The van der Waals surface area contributed by atoms with Crippen LogP contribution in [0.2, 0.25) is 0 Å². The number of benzene rings is 1. The van der Waals surface area contributed by atoms with Crippen LogP contribution in [0.1, 0.15) is 18.1 Å². The van der Waals surface area contributed by atoms with Crippen LogP contribution in [0.15, 0.2) is 30.5 Å². The Labute approximate surface area is 149 Å². The van der Waals surface area contributed by atoms with Crippen molar-refractivity contribution in [3.05, 3.63) is 41.6 Å². The van der Waals surface area contributed by atoms with Gasteiger partial charge in [0, 0.05) is 18.4 Å². The Bertz CT molecular complexity index is 827. The van der Waals surface area contributed by atoms with Gasteiger partial charge in [0.2, 0.25) is 11.8 Å². The van der Waals surface area contributed by atoms with Crippen molar-refractivity contribution < 1.29 is 31.1 Å². The summed E-state index contributed by atoms with van der Waals surface area (Å²) in [6.45, 7) is -0.0685. The Morgan fingerprint density at radius 3 is 2.22 bits per heavy atom. The highest BCUT2D eigenvalue weighted by molar-refractivity contribution is 5.59. The first kappa shape index (κ1) is 20.3. The van der Waals surface area contributed by atoms with Crippen LogP contribution in [0.25, 0.3) is 0 Å². The van der Waals surface area contributed by atoms with Gasteiger partial charge < -0.3 is 9.64 Å². The molecule has 0 amide bonds. The summed E-state index contributed by atoms with van der Waals surface area (Å²) in [5, 5.41) is 8.81. The average molecular weight is 390 g/mol. The highest BCUT2D eigenvalue weighted by atomic mass is 19.4. The van der Waals surface area contributed by atoms with Crippen LogP contribution in [-0.4, -0.2) is 29.3 Å². The van der Waals surface area contributed by atoms with Crippen molar-refractivity contribution in [3.63, 3.8) is 0 Å². The van der Waals surface area contributed by atoms with E-state index >= 15 is 0 Å². The third-order valence-electron chi connectivity index (χ3n) is 3.28. The number of anilines is 2. The second-order valence-electron chi connectivity index (χ2n) is 5.19. The van der Waals surface area contributed by atoms with Crippen LogP contribution in [0.4, 0.5) is 38.0 Å². The van der Waals surface area contributed by atoms with Crippen molar-refractivity contribution in [2.75, 3.05) is 18.1 Å². The number of halogens is 6. The van der Waals surface area contributed by atoms with Gasteiger partial charge in [-0.2, -0.15) is 36.6 Å². The molecule has 5 nitrogen and oxygen atoms in total. The molecule has 1 aromatic carbocycles. The molecule has 0 aliphatic heterocycles. The molecule has 0 aliphatic carbocycles. The van der Waals surface area contributed by atoms with Crippen LogP contribution in [-0.2, 0) is 6.18 Å². The number of aromatic nitrogens is 2. The third kappa shape index (κ3) is 5.22. The van der Waals surface area contributed by atoms with Crippen molar-refractivity contribution in [3.8, 4) is 11.9 Å². The van der Waals surface area contributed by atoms with Gasteiger partial charge in [0.15, 0.2) is 6.61 Å². The number of nitrogens with zero attached hydrogens (tertiary/aromatic N) is 4. The topological polar surface area (TPSA) is 62.0 Å². The Balaban J connectivity index is 2.44. The smallest absolute Gasteiger partial charge is 0.423 e. The molecule has 0 radical (unpaired) electrons. The zero-order valence-electron chi connectivity index (χ0n) is 13.8. The number of ether oxygens (including phenoxy) is 1. The minimum Gasteiger partial charge on any atom is -0.467 e. The Morgan fingerprint density at radius 1 is 1.11 bits per heavy atom. The van der Waals surface area contributed by atoms with Crippen LogP contribution in [0.3, 0.4) is 0 Å². The zero-order valence-corrected chi connectivity index (χ0v) is 13.8. The van der Waals surface area contributed by atoms with Gasteiger partial charge in [0.05, 0.1) is 11.6 Å². The molecular weight excluding hydrogens is 378 g/mol. The summed E-state index contributed by atoms with van der Waals surface area (Å²) in [4.78, 5) is 8.51. The quantitative estimate of drug-likeness (QED) is 0.705. The fourth-order valence-corrected chi connectivity index (χ4v) is 2.10. The summed E-state index contributed by atoms with van der Waals surface area (Å²) >= 11 is 0. The van der Waals surface area contributed by atoms with Crippen molar-refractivity contribution in [1.29, 1.82) is 5.26 Å². The molecule has 1 aromatic heterocycles. The van der Waals surface area contributed by atoms with Crippen molar-refractivity contribution in [2.45, 2.75) is 19.3 Å². The normalized spacial score (nSPS) is 11.8. The van der Waals surface area contributed by atoms with Gasteiger partial charge in [-0.25, -0.2) is 4.98 Å². The lowest BCUT2D eigenvalue weighted by atomic mass is 10.2. The van der Waals surface area contributed by atoms with Gasteiger partial charge in [-0.3, -0.25) is 0 Å². The molecule has 11 heteroatoms. The molecule has 0 saturated carbocycles. The highest BCUT2D eigenvalue weighted by Gasteiger charge is 2.38. The molecule has 0 bridgehead atoms. The SMILES string of the molecule is CCN(c1ccc(C#N)cc1)c1ncc(C(F)(F)F)c(OCC(F)(F)F)n1. The van der Waals surface area contributed by atoms with E-state index in [0.29, 0.717) is 17.4 Å². The summed E-state index contributed by atoms with van der Waals surface area (Å²) in [5.74, 6) is -1.48. The summed E-state index contributed by atoms with van der Waals surface area (Å²) in [6.07, 6.45) is -9.43. The maximum absolute atomic E-state index is 13.0. The first-order chi connectivity index (χ1) is 12.5. The van der Waals surface area contributed by atoms with E-state index in [9.17, 15) is 26.3 Å². The molecule has 144 valence electrons. The summed E-state index contributed by atoms with van der Waals surface area (Å²) < 4.78 is 80.3. The van der Waals surface area contributed by atoms with E-state index in [1.807, 2.05) is 6.07 Å². The van der Waals surface area contributed by atoms with Gasteiger partial charge in [-0.15, -0.1) is 0 Å². The zero-order chi connectivity index (χ0) is 20.2. The molecular formula is C16H12F6N4O. The Morgan fingerprint density at radius 2 is 1.74 bits per heavy atom. The van der Waals surface area contributed by atoms with E-state index in [0.717, 1.165) is 0 Å². The molecule has 0 N–H and O–H groups in total. The molecule has 0 unspecified atom stereocenters. The lowest BCUT2D eigenvalue weighted by Crippen LogP contribution is -2.24. The van der Waals surface area contributed by atoms with Crippen molar-refractivity contribution >= 4 is 11.6 Å². The van der Waals surface area contributed by atoms with Crippen molar-refractivity contribution in [2.24, 2.45) is 0 Å². The van der Waals surface area contributed by atoms with Crippen LogP contribution in [0.5, 0.6) is 5.88 Å². The number of hydrogen-bond donors (Lipinski definition) is 0. The first-order valence-corrected chi connectivity index (χ1v) is 7.46. The summed E-state index contributed by atoms with van der Waals surface area (Å²) in [7, 11) is 0. The van der Waals surface area contributed by atoms with Crippen LogP contribution < -0.4 is 9.64 Å². The summed E-state index contributed by atoms with van der Waals surface area (Å²) in [6, 6.07) is 7.89. The van der Waals surface area contributed by atoms with Gasteiger partial charge >= 0.3 is 12.4 Å². The minimum absolute atomic E-state index is 0.204. The predicted molar refractivity (Wildman–Crippen MR) is 82.4 cm³/mol. The first-order valence-electron chi connectivity index (χ1n) is 7.46. The van der Waals surface area contributed by atoms with Gasteiger partial charge in [-0.05, 0) is 31.2 Å². The van der Waals surface area contributed by atoms with E-state index < -0.39 is 30.4 Å². The molecule has 27 heavy (non-hydrogen) atoms. The Hall–Kier alpha value is -3.03. The maximum atomic E-state index is 13.0. The third-order valence-corrected chi connectivity index (χ3v) is 3.28. The molecule has 0 aliphatic rings. The van der Waals surface area contributed by atoms with Crippen LogP contribution >= 0.6 is 0 Å². The number of rotatable bonds is 5. The molecule has 1 heterocycles. The number of hydrogen-bond acceptors (Lipinski definition) is 5. The second-order valence-corrected chi connectivity index (χ2v) is 5.19.